The summed E-state index contributed by atoms with van der Waals surface area (Å²) in [5.41, 5.74) is 3.71. The minimum absolute atomic E-state index is 0.812. The third-order valence-corrected chi connectivity index (χ3v) is 6.39. The van der Waals surface area contributed by atoms with Gasteiger partial charge in [-0.05, 0) is 70.1 Å². The standard InChI is InChI=1S/C30H22N2O2/c1-33-22-12-7-20(8-13-22)29-27-18-17-25-24-6-4-3-5-19(24)11-16-26(25)28(27)30(32-31-29)21-9-14-23(34-2)15-10-21/h3-18H,1-2H3. The second-order valence-electron chi connectivity index (χ2n) is 8.22. The van der Waals surface area contributed by atoms with E-state index in [1.807, 2.05) is 48.5 Å². The summed E-state index contributed by atoms with van der Waals surface area (Å²) in [6.45, 7) is 0. The molecule has 1 heterocycles. The van der Waals surface area contributed by atoms with E-state index in [1.54, 1.807) is 14.2 Å². The van der Waals surface area contributed by atoms with Crippen LogP contribution < -0.4 is 9.47 Å². The van der Waals surface area contributed by atoms with Gasteiger partial charge in [-0.25, -0.2) is 0 Å². The van der Waals surface area contributed by atoms with Crippen LogP contribution >= 0.6 is 0 Å². The summed E-state index contributed by atoms with van der Waals surface area (Å²) in [7, 11) is 3.34. The lowest BCUT2D eigenvalue weighted by atomic mass is 9.93. The van der Waals surface area contributed by atoms with Crippen molar-refractivity contribution in [2.45, 2.75) is 0 Å². The first-order chi connectivity index (χ1) is 16.8. The van der Waals surface area contributed by atoms with E-state index in [4.69, 9.17) is 19.7 Å². The van der Waals surface area contributed by atoms with Gasteiger partial charge in [0.05, 0.1) is 14.2 Å². The van der Waals surface area contributed by atoms with E-state index in [0.29, 0.717) is 0 Å². The second-order valence-corrected chi connectivity index (χ2v) is 8.22. The van der Waals surface area contributed by atoms with E-state index in [2.05, 4.69) is 48.5 Å². The normalized spacial score (nSPS) is 11.2. The van der Waals surface area contributed by atoms with E-state index in [9.17, 15) is 0 Å². The molecule has 0 unspecified atom stereocenters. The highest BCUT2D eigenvalue weighted by molar-refractivity contribution is 6.22. The Kier molecular flexibility index (Phi) is 4.84. The highest BCUT2D eigenvalue weighted by atomic mass is 16.5. The van der Waals surface area contributed by atoms with E-state index in [1.165, 1.54) is 16.2 Å². The third-order valence-electron chi connectivity index (χ3n) is 6.39. The molecule has 0 radical (unpaired) electrons. The Bertz CT molecular complexity index is 1660. The summed E-state index contributed by atoms with van der Waals surface area (Å²) in [6, 6.07) is 33.2. The molecule has 0 aliphatic rings. The fourth-order valence-corrected chi connectivity index (χ4v) is 4.66. The van der Waals surface area contributed by atoms with Gasteiger partial charge >= 0.3 is 0 Å². The van der Waals surface area contributed by atoms with Gasteiger partial charge in [0.15, 0.2) is 0 Å². The predicted octanol–water partition coefficient (Wildman–Crippen LogP) is 7.29. The van der Waals surface area contributed by atoms with Crippen molar-refractivity contribution in [1.29, 1.82) is 0 Å². The van der Waals surface area contributed by atoms with Gasteiger partial charge in [-0.2, -0.15) is 0 Å². The van der Waals surface area contributed by atoms with Crippen molar-refractivity contribution < 1.29 is 9.47 Å². The van der Waals surface area contributed by atoms with Gasteiger partial charge in [0.1, 0.15) is 22.9 Å². The molecule has 0 aliphatic heterocycles. The molecular formula is C30H22N2O2. The molecule has 5 aromatic carbocycles. The van der Waals surface area contributed by atoms with Crippen molar-refractivity contribution in [3.8, 4) is 34.0 Å². The van der Waals surface area contributed by atoms with E-state index in [0.717, 1.165) is 50.2 Å². The maximum atomic E-state index is 5.36. The van der Waals surface area contributed by atoms with Crippen molar-refractivity contribution in [2.75, 3.05) is 14.2 Å². The molecule has 1 aromatic heterocycles. The average molecular weight is 443 g/mol. The average Bonchev–Trinajstić information content (AvgIpc) is 2.92. The molecule has 0 fully saturated rings. The minimum Gasteiger partial charge on any atom is -0.497 e. The molecule has 0 spiro atoms. The van der Waals surface area contributed by atoms with Gasteiger partial charge in [0.2, 0.25) is 0 Å². The van der Waals surface area contributed by atoms with Gasteiger partial charge in [0.25, 0.3) is 0 Å². The smallest absolute Gasteiger partial charge is 0.118 e. The Labute approximate surface area is 197 Å². The molecule has 6 aromatic rings. The summed E-state index contributed by atoms with van der Waals surface area (Å²) < 4.78 is 10.7. The molecule has 6 rings (SSSR count). The zero-order chi connectivity index (χ0) is 23.1. The van der Waals surface area contributed by atoms with Crippen LogP contribution in [0.5, 0.6) is 11.5 Å². The number of methoxy groups -OCH3 is 2. The predicted molar refractivity (Wildman–Crippen MR) is 139 cm³/mol. The van der Waals surface area contributed by atoms with Crippen molar-refractivity contribution in [1.82, 2.24) is 10.2 Å². The van der Waals surface area contributed by atoms with Gasteiger partial charge in [0, 0.05) is 21.9 Å². The second kappa shape index (κ2) is 8.16. The van der Waals surface area contributed by atoms with Crippen LogP contribution in [0.25, 0.3) is 54.8 Å². The lowest BCUT2D eigenvalue weighted by molar-refractivity contribution is 0.414. The highest BCUT2D eigenvalue weighted by Gasteiger charge is 2.16. The molecule has 164 valence electrons. The topological polar surface area (TPSA) is 44.2 Å². The molecule has 0 bridgehead atoms. The largest absolute Gasteiger partial charge is 0.497 e. The molecule has 0 N–H and O–H groups in total. The number of nitrogens with zero attached hydrogens (tertiary/aromatic N) is 2. The zero-order valence-electron chi connectivity index (χ0n) is 18.9. The first kappa shape index (κ1) is 20.2. The van der Waals surface area contributed by atoms with E-state index >= 15 is 0 Å². The fraction of sp³-hybridized carbons (Fsp3) is 0.0667. The summed E-state index contributed by atoms with van der Waals surface area (Å²) >= 11 is 0. The molecule has 4 heteroatoms. The van der Waals surface area contributed by atoms with Crippen LogP contribution in [0.2, 0.25) is 0 Å². The molecule has 0 saturated heterocycles. The van der Waals surface area contributed by atoms with Crippen molar-refractivity contribution in [2.24, 2.45) is 0 Å². The van der Waals surface area contributed by atoms with Gasteiger partial charge < -0.3 is 9.47 Å². The first-order valence-electron chi connectivity index (χ1n) is 11.2. The van der Waals surface area contributed by atoms with Crippen LogP contribution in [0.4, 0.5) is 0 Å². The van der Waals surface area contributed by atoms with Crippen molar-refractivity contribution in [3.63, 3.8) is 0 Å². The number of ether oxygens (including phenoxy) is 2. The zero-order valence-corrected chi connectivity index (χ0v) is 18.9. The Morgan fingerprint density at radius 1 is 0.471 bits per heavy atom. The maximum absolute atomic E-state index is 5.36. The number of hydrogen-bond donors (Lipinski definition) is 0. The van der Waals surface area contributed by atoms with Crippen LogP contribution in [-0.4, -0.2) is 24.4 Å². The molecular weight excluding hydrogens is 420 g/mol. The molecule has 0 atom stereocenters. The van der Waals surface area contributed by atoms with E-state index < -0.39 is 0 Å². The summed E-state index contributed by atoms with van der Waals surface area (Å²) in [6.07, 6.45) is 0. The summed E-state index contributed by atoms with van der Waals surface area (Å²) in [4.78, 5) is 0. The first-order valence-corrected chi connectivity index (χ1v) is 11.2. The van der Waals surface area contributed by atoms with Crippen LogP contribution in [0.15, 0.2) is 97.1 Å². The van der Waals surface area contributed by atoms with Crippen LogP contribution in [0.1, 0.15) is 0 Å². The Morgan fingerprint density at radius 3 is 1.71 bits per heavy atom. The summed E-state index contributed by atoms with van der Waals surface area (Å²) in [5, 5.41) is 16.4. The quantitative estimate of drug-likeness (QED) is 0.269. The number of rotatable bonds is 4. The van der Waals surface area contributed by atoms with Crippen molar-refractivity contribution in [3.05, 3.63) is 97.1 Å². The van der Waals surface area contributed by atoms with Crippen LogP contribution in [-0.2, 0) is 0 Å². The number of aromatic nitrogens is 2. The molecule has 34 heavy (non-hydrogen) atoms. The Balaban J connectivity index is 1.70. The highest BCUT2D eigenvalue weighted by Crippen LogP contribution is 2.39. The van der Waals surface area contributed by atoms with Crippen LogP contribution in [0, 0.1) is 0 Å². The van der Waals surface area contributed by atoms with Gasteiger partial charge in [-0.1, -0.05) is 48.5 Å². The SMILES string of the molecule is COc1ccc(-c2nnc(-c3ccc(OC)cc3)c3c2ccc2c4ccccc4ccc23)cc1. The number of hydrogen-bond acceptors (Lipinski definition) is 4. The van der Waals surface area contributed by atoms with Gasteiger partial charge in [-0.3, -0.25) is 0 Å². The molecule has 0 aliphatic carbocycles. The third kappa shape index (κ3) is 3.23. The summed E-state index contributed by atoms with van der Waals surface area (Å²) in [5.74, 6) is 1.62. The number of fused-ring (bicyclic) bond motifs is 5. The Morgan fingerprint density at radius 2 is 1.03 bits per heavy atom. The monoisotopic (exact) mass is 442 g/mol. The Hall–Kier alpha value is -4.44. The van der Waals surface area contributed by atoms with E-state index in [-0.39, 0.29) is 0 Å². The number of benzene rings is 5. The van der Waals surface area contributed by atoms with Crippen LogP contribution in [0.3, 0.4) is 0 Å². The fourth-order valence-electron chi connectivity index (χ4n) is 4.66. The minimum atomic E-state index is 0.812. The molecule has 4 nitrogen and oxygen atoms in total. The lowest BCUT2D eigenvalue weighted by Gasteiger charge is -2.14. The van der Waals surface area contributed by atoms with Gasteiger partial charge in [-0.15, -0.1) is 10.2 Å². The maximum Gasteiger partial charge on any atom is 0.118 e. The lowest BCUT2D eigenvalue weighted by Crippen LogP contribution is -1.96. The molecule has 0 amide bonds. The molecule has 0 saturated carbocycles. The van der Waals surface area contributed by atoms with Crippen molar-refractivity contribution >= 4 is 32.3 Å².